The van der Waals surface area contributed by atoms with Gasteiger partial charge >= 0.3 is 6.03 Å². The molecule has 0 saturated carbocycles. The molecule has 1 aliphatic heterocycles. The zero-order chi connectivity index (χ0) is 14.0. The molecule has 1 aromatic heterocycles. The summed E-state index contributed by atoms with van der Waals surface area (Å²) >= 11 is 0. The van der Waals surface area contributed by atoms with E-state index >= 15 is 0 Å². The normalized spacial score (nSPS) is 21.4. The van der Waals surface area contributed by atoms with E-state index in [4.69, 9.17) is 0 Å². The highest BCUT2D eigenvalue weighted by Gasteiger charge is 2.47. The lowest BCUT2D eigenvalue weighted by Crippen LogP contribution is -2.45. The number of carbonyl (C=O) groups excluding carboxylic acids is 2. The van der Waals surface area contributed by atoms with Crippen LogP contribution in [0.4, 0.5) is 4.79 Å². The first kappa shape index (κ1) is 12.3. The predicted molar refractivity (Wildman–Crippen MR) is 72.7 cm³/mol. The smallest absolute Gasteiger partial charge is 0.319 e. The first-order chi connectivity index (χ1) is 9.71. The number of pyridine rings is 1. The van der Waals surface area contributed by atoms with Crippen LogP contribution in [0.2, 0.25) is 0 Å². The molecule has 2 heterocycles. The van der Waals surface area contributed by atoms with Crippen LogP contribution >= 0.6 is 0 Å². The largest absolute Gasteiger partial charge is 0.322 e. The number of imide groups is 1. The fraction of sp³-hybridized carbons (Fsp3) is 0.133. The summed E-state index contributed by atoms with van der Waals surface area (Å²) in [5.41, 5.74) is 0.549. The second-order valence-electron chi connectivity index (χ2n) is 4.72. The van der Waals surface area contributed by atoms with Gasteiger partial charge < -0.3 is 5.32 Å². The Morgan fingerprint density at radius 2 is 1.85 bits per heavy atom. The Bertz CT molecular complexity index is 643. The van der Waals surface area contributed by atoms with Crippen molar-refractivity contribution in [1.82, 2.24) is 15.6 Å². The molecular formula is C15H13N3O2. The van der Waals surface area contributed by atoms with Crippen molar-refractivity contribution in [3.05, 3.63) is 66.0 Å². The van der Waals surface area contributed by atoms with Gasteiger partial charge in [-0.05, 0) is 11.6 Å². The summed E-state index contributed by atoms with van der Waals surface area (Å²) in [6, 6.07) is 12.6. The molecule has 1 saturated heterocycles. The minimum absolute atomic E-state index is 0.348. The number of hydrogen-bond donors (Lipinski definition) is 2. The first-order valence-corrected chi connectivity index (χ1v) is 6.29. The summed E-state index contributed by atoms with van der Waals surface area (Å²) in [7, 11) is 0. The van der Waals surface area contributed by atoms with Gasteiger partial charge in [0.15, 0.2) is 5.54 Å². The third-order valence-corrected chi connectivity index (χ3v) is 3.41. The Balaban J connectivity index is 2.05. The fourth-order valence-corrected chi connectivity index (χ4v) is 2.44. The number of urea groups is 1. The average molecular weight is 267 g/mol. The van der Waals surface area contributed by atoms with Gasteiger partial charge in [0.05, 0.1) is 0 Å². The van der Waals surface area contributed by atoms with Gasteiger partial charge in [0, 0.05) is 24.4 Å². The molecule has 2 aromatic rings. The van der Waals surface area contributed by atoms with Crippen LogP contribution in [0.25, 0.3) is 0 Å². The molecule has 100 valence electrons. The van der Waals surface area contributed by atoms with Crippen LogP contribution in [0.15, 0.2) is 54.9 Å². The van der Waals surface area contributed by atoms with Crippen LogP contribution < -0.4 is 10.6 Å². The number of amides is 3. The Morgan fingerprint density at radius 3 is 2.45 bits per heavy atom. The molecule has 20 heavy (non-hydrogen) atoms. The third kappa shape index (κ3) is 2.03. The topological polar surface area (TPSA) is 71.1 Å². The van der Waals surface area contributed by atoms with Crippen LogP contribution in [-0.4, -0.2) is 16.9 Å². The zero-order valence-electron chi connectivity index (χ0n) is 10.7. The maximum Gasteiger partial charge on any atom is 0.322 e. The monoisotopic (exact) mass is 267 g/mol. The number of carbonyl (C=O) groups is 2. The number of benzene rings is 1. The van der Waals surface area contributed by atoms with Crippen LogP contribution in [0.1, 0.15) is 11.1 Å². The number of nitrogens with one attached hydrogen (secondary N) is 2. The van der Waals surface area contributed by atoms with Gasteiger partial charge in [0.25, 0.3) is 5.91 Å². The molecule has 0 spiro atoms. The summed E-state index contributed by atoms with van der Waals surface area (Å²) < 4.78 is 0. The summed E-state index contributed by atoms with van der Waals surface area (Å²) in [6.07, 6.45) is 3.62. The van der Waals surface area contributed by atoms with Gasteiger partial charge in [-0.1, -0.05) is 36.4 Å². The van der Waals surface area contributed by atoms with Crippen molar-refractivity contribution < 1.29 is 9.59 Å². The summed E-state index contributed by atoms with van der Waals surface area (Å²) in [5.74, 6) is -0.348. The van der Waals surface area contributed by atoms with E-state index in [2.05, 4.69) is 15.6 Å². The third-order valence-electron chi connectivity index (χ3n) is 3.41. The maximum atomic E-state index is 12.3. The van der Waals surface area contributed by atoms with E-state index in [-0.39, 0.29) is 5.91 Å². The minimum atomic E-state index is -1.09. The summed E-state index contributed by atoms with van der Waals surface area (Å²) in [4.78, 5) is 27.9. The van der Waals surface area contributed by atoms with E-state index in [0.29, 0.717) is 12.0 Å². The molecule has 1 atom stereocenters. The molecule has 0 bridgehead atoms. The molecule has 5 nitrogen and oxygen atoms in total. The number of hydrogen-bond acceptors (Lipinski definition) is 3. The van der Waals surface area contributed by atoms with E-state index in [9.17, 15) is 9.59 Å². The minimum Gasteiger partial charge on any atom is -0.319 e. The second kappa shape index (κ2) is 4.77. The van der Waals surface area contributed by atoms with Gasteiger partial charge in [-0.2, -0.15) is 0 Å². The molecule has 5 heteroatoms. The van der Waals surface area contributed by atoms with Crippen molar-refractivity contribution in [3.63, 3.8) is 0 Å². The van der Waals surface area contributed by atoms with Gasteiger partial charge in [0.1, 0.15) is 0 Å². The second-order valence-corrected chi connectivity index (χ2v) is 4.72. The van der Waals surface area contributed by atoms with Crippen LogP contribution in [-0.2, 0) is 16.8 Å². The molecule has 3 rings (SSSR count). The highest BCUT2D eigenvalue weighted by atomic mass is 16.2. The molecule has 0 radical (unpaired) electrons. The van der Waals surface area contributed by atoms with E-state index < -0.39 is 11.6 Å². The van der Waals surface area contributed by atoms with E-state index in [0.717, 1.165) is 5.56 Å². The Kier molecular flexibility index (Phi) is 2.95. The van der Waals surface area contributed by atoms with Crippen molar-refractivity contribution in [2.24, 2.45) is 0 Å². The van der Waals surface area contributed by atoms with Crippen LogP contribution in [0, 0.1) is 0 Å². The van der Waals surface area contributed by atoms with Gasteiger partial charge in [-0.25, -0.2) is 4.79 Å². The van der Waals surface area contributed by atoms with Crippen molar-refractivity contribution >= 4 is 11.9 Å². The van der Waals surface area contributed by atoms with Gasteiger partial charge in [-0.3, -0.25) is 15.1 Å². The standard InChI is InChI=1S/C15H13N3O2/c19-13-15(18-14(20)17-13,12-7-4-8-16-10-12)9-11-5-2-1-3-6-11/h1-8,10H,9H2,(H2,17,18,19,20)/t15-/m0/s1. The molecular weight excluding hydrogens is 254 g/mol. The SMILES string of the molecule is O=C1NC(=O)[C@](Cc2ccccc2)(c2cccnc2)N1. The molecule has 3 amide bonds. The van der Waals surface area contributed by atoms with Crippen LogP contribution in [0.3, 0.4) is 0 Å². The lowest BCUT2D eigenvalue weighted by molar-refractivity contribution is -0.124. The Labute approximate surface area is 116 Å². The summed E-state index contributed by atoms with van der Waals surface area (Å²) in [5, 5.41) is 5.05. The van der Waals surface area contributed by atoms with Crippen molar-refractivity contribution in [2.45, 2.75) is 12.0 Å². The van der Waals surface area contributed by atoms with Gasteiger partial charge in [0.2, 0.25) is 0 Å². The van der Waals surface area contributed by atoms with Crippen molar-refractivity contribution in [3.8, 4) is 0 Å². The van der Waals surface area contributed by atoms with E-state index in [1.165, 1.54) is 0 Å². The lowest BCUT2D eigenvalue weighted by atomic mass is 9.85. The number of rotatable bonds is 3. The van der Waals surface area contributed by atoms with Gasteiger partial charge in [-0.15, -0.1) is 0 Å². The quantitative estimate of drug-likeness (QED) is 0.825. The highest BCUT2D eigenvalue weighted by molar-refractivity contribution is 6.07. The Hall–Kier alpha value is -2.69. The zero-order valence-corrected chi connectivity index (χ0v) is 10.7. The lowest BCUT2D eigenvalue weighted by Gasteiger charge is -2.26. The number of nitrogens with zero attached hydrogens (tertiary/aromatic N) is 1. The van der Waals surface area contributed by atoms with E-state index in [1.807, 2.05) is 30.3 Å². The van der Waals surface area contributed by atoms with E-state index in [1.54, 1.807) is 24.5 Å². The number of aromatic nitrogens is 1. The fourth-order valence-electron chi connectivity index (χ4n) is 2.44. The molecule has 2 N–H and O–H groups in total. The molecule has 1 fully saturated rings. The predicted octanol–water partition coefficient (Wildman–Crippen LogP) is 1.36. The first-order valence-electron chi connectivity index (χ1n) is 6.29. The maximum absolute atomic E-state index is 12.3. The highest BCUT2D eigenvalue weighted by Crippen LogP contribution is 2.28. The molecule has 1 aromatic carbocycles. The molecule has 0 aliphatic carbocycles. The molecule has 0 unspecified atom stereocenters. The molecule has 1 aliphatic rings. The van der Waals surface area contributed by atoms with Crippen molar-refractivity contribution in [1.29, 1.82) is 0 Å². The summed E-state index contributed by atoms with van der Waals surface area (Å²) in [6.45, 7) is 0. The van der Waals surface area contributed by atoms with Crippen molar-refractivity contribution in [2.75, 3.05) is 0 Å². The average Bonchev–Trinajstić information content (AvgIpc) is 2.76. The Morgan fingerprint density at radius 1 is 1.05 bits per heavy atom. The van der Waals surface area contributed by atoms with Crippen LogP contribution in [0.5, 0.6) is 0 Å².